The quantitative estimate of drug-likeness (QED) is 0.0499. The van der Waals surface area contributed by atoms with Crippen molar-refractivity contribution in [2.24, 2.45) is 10.9 Å². The molecule has 0 bridgehead atoms. The number of Topliss-reactive ketones (excluding diaryl/α,β-unsaturated/α-hetero) is 2. The molecule has 77 heavy (non-hydrogen) atoms. The minimum atomic E-state index is -1.42. The molecule has 1 unspecified atom stereocenters. The molecule has 5 heterocycles. The van der Waals surface area contributed by atoms with Gasteiger partial charge in [0.1, 0.15) is 18.1 Å². The van der Waals surface area contributed by atoms with Crippen molar-refractivity contribution >= 4 is 64.6 Å². The number of aryl methyl sites for hydroxylation is 1. The molecule has 3 saturated heterocycles. The van der Waals surface area contributed by atoms with Crippen LogP contribution in [0.1, 0.15) is 117 Å². The van der Waals surface area contributed by atoms with Gasteiger partial charge in [0.05, 0.1) is 68.1 Å². The van der Waals surface area contributed by atoms with Gasteiger partial charge in [-0.05, 0) is 94.7 Å². The molecule has 8 rings (SSSR count). The fraction of sp³-hybridized carbons (Fsp3) is 0.483. The van der Waals surface area contributed by atoms with Crippen molar-refractivity contribution < 1.29 is 62.4 Å². The molecule has 19 nitrogen and oxygen atoms in total. The van der Waals surface area contributed by atoms with Gasteiger partial charge < -0.3 is 43.9 Å². The Hall–Kier alpha value is -7.38. The molecular formula is C58H70N6O13. The summed E-state index contributed by atoms with van der Waals surface area (Å²) in [5.74, 6) is 0.0983. The van der Waals surface area contributed by atoms with Crippen LogP contribution in [0.4, 0.5) is 21.9 Å². The Kier molecular flexibility index (Phi) is 18.6. The van der Waals surface area contributed by atoms with Crippen LogP contribution >= 0.6 is 0 Å². The normalized spacial score (nSPS) is 20.8. The van der Waals surface area contributed by atoms with Gasteiger partial charge in [-0.2, -0.15) is 0 Å². The predicted molar refractivity (Wildman–Crippen MR) is 287 cm³/mol. The number of aliphatic hydroxyl groups is 1. The van der Waals surface area contributed by atoms with Gasteiger partial charge in [0.2, 0.25) is 11.8 Å². The lowest BCUT2D eigenvalue weighted by atomic mass is 10.1. The number of carbonyl (C=O) groups excluding carboxylic acids is 7. The summed E-state index contributed by atoms with van der Waals surface area (Å²) in [6.45, 7) is 9.58. The fourth-order valence-electron chi connectivity index (χ4n) is 10.2. The Morgan fingerprint density at radius 2 is 1.48 bits per heavy atom. The number of unbranched alkanes of at least 4 members (excludes halogenated alkanes) is 2. The van der Waals surface area contributed by atoms with Crippen molar-refractivity contribution in [3.05, 3.63) is 94.1 Å². The summed E-state index contributed by atoms with van der Waals surface area (Å²) in [5.41, 5.74) is 5.65. The molecule has 4 atom stereocenters. The van der Waals surface area contributed by atoms with E-state index >= 15 is 0 Å². The molecule has 19 heteroatoms. The maximum Gasteiger partial charge on any atom is 0.416 e. The van der Waals surface area contributed by atoms with E-state index in [0.717, 1.165) is 23.3 Å². The minimum Gasteiger partial charge on any atom is -0.493 e. The summed E-state index contributed by atoms with van der Waals surface area (Å²) < 4.78 is 29.4. The largest absolute Gasteiger partial charge is 0.493 e. The second-order valence-electron chi connectivity index (χ2n) is 20.2. The number of hydrogen-bond acceptors (Lipinski definition) is 15. The van der Waals surface area contributed by atoms with Crippen LogP contribution in [0.3, 0.4) is 0 Å². The van der Waals surface area contributed by atoms with Crippen LogP contribution in [0, 0.1) is 12.8 Å². The number of anilines is 2. The Labute approximate surface area is 449 Å². The number of fused-ring (bicyclic) bond motifs is 4. The maximum absolute atomic E-state index is 14.2. The number of ether oxygens (including phenoxy) is 5. The zero-order chi connectivity index (χ0) is 54.8. The number of benzene rings is 3. The first-order valence-electron chi connectivity index (χ1n) is 26.7. The average molecular weight is 1060 g/mol. The van der Waals surface area contributed by atoms with E-state index < -0.39 is 18.4 Å². The van der Waals surface area contributed by atoms with Crippen LogP contribution in [-0.4, -0.2) is 145 Å². The molecule has 410 valence electrons. The van der Waals surface area contributed by atoms with E-state index in [1.54, 1.807) is 67.5 Å². The number of aliphatic hydroxyl groups excluding tert-OH is 1. The maximum atomic E-state index is 14.2. The van der Waals surface area contributed by atoms with Gasteiger partial charge in [0.25, 0.3) is 11.8 Å². The number of allylic oxidation sites excluding steroid dienone is 2. The second kappa shape index (κ2) is 25.6. The molecule has 2 N–H and O–H groups in total. The van der Waals surface area contributed by atoms with Crippen molar-refractivity contribution in [3.63, 3.8) is 0 Å². The molecule has 5 aliphatic heterocycles. The number of nitrogens with one attached hydrogen (secondary N) is 1. The van der Waals surface area contributed by atoms with Gasteiger partial charge >= 0.3 is 6.09 Å². The molecule has 5 amide bonds. The molecule has 0 aromatic heterocycles. The number of nitrogens with zero attached hydrogens (tertiary/aromatic N) is 5. The van der Waals surface area contributed by atoms with E-state index in [4.69, 9.17) is 23.7 Å². The summed E-state index contributed by atoms with van der Waals surface area (Å²) in [5, 5.41) is 15.0. The minimum absolute atomic E-state index is 0.0535. The van der Waals surface area contributed by atoms with Gasteiger partial charge in [-0.3, -0.25) is 38.7 Å². The molecule has 3 aromatic rings. The molecule has 3 fully saturated rings. The Morgan fingerprint density at radius 3 is 2.19 bits per heavy atom. The fourth-order valence-corrected chi connectivity index (χ4v) is 10.2. The third-order valence-corrected chi connectivity index (χ3v) is 14.8. The van der Waals surface area contributed by atoms with Gasteiger partial charge in [0, 0.05) is 81.9 Å². The average Bonchev–Trinajstić information content (AvgIpc) is 4.15. The third kappa shape index (κ3) is 13.2. The van der Waals surface area contributed by atoms with Gasteiger partial charge in [0.15, 0.2) is 23.5 Å². The summed E-state index contributed by atoms with van der Waals surface area (Å²) in [7, 11) is 1.54. The molecule has 0 radical (unpaired) electrons. The highest BCUT2D eigenvalue weighted by atomic mass is 16.6. The highest BCUT2D eigenvalue weighted by molar-refractivity contribution is 6.06. The number of rotatable bonds is 24. The summed E-state index contributed by atoms with van der Waals surface area (Å²) in [6, 6.07) is 13.0. The SMILES string of the molecule is CC=C1C[C@H]2C=Nc3cc(OCCCCCOc4cc5c(cc4C)C(=O)N4CC(=CC)C[C@H]4[C@H](O)N5C(=O)OCc4ccc(NCC(=O)CCOCCCC(=O)CCN5C(=O)CC(C)C5=O)cc4)c(OC)cc3C(=O)N2C1. The zero-order valence-corrected chi connectivity index (χ0v) is 44.7. The van der Waals surface area contributed by atoms with Gasteiger partial charge in [-0.25, -0.2) is 9.69 Å². The van der Waals surface area contributed by atoms with Gasteiger partial charge in [-0.1, -0.05) is 42.4 Å². The van der Waals surface area contributed by atoms with Crippen molar-refractivity contribution in [3.8, 4) is 17.2 Å². The van der Waals surface area contributed by atoms with E-state index in [9.17, 15) is 38.7 Å². The molecule has 0 aliphatic carbocycles. The molecule has 3 aromatic carbocycles. The lowest BCUT2D eigenvalue weighted by Gasteiger charge is -2.31. The topological polar surface area (TPSA) is 223 Å². The monoisotopic (exact) mass is 1060 g/mol. The van der Waals surface area contributed by atoms with E-state index in [2.05, 4.69) is 16.4 Å². The standard InChI is InChI=1S/C58H70N6O13/c1-6-38-26-42-31-60-47-29-52(51(73-5)28-45(47)55(69)62(42)33-38)76-22-10-8-9-21-75-50-30-48-46(24-36(50)3)56(70)63-34-39(7-2)27-49(63)57(71)64(48)58(72)77-35-40-13-15-41(16-14-40)59-32-44(66)18-23-74-20-11-12-43(65)17-19-61-53(67)25-37(4)54(61)68/h6-7,13-16,24,28-31,37,42,49,57,59,71H,8-12,17-23,25-27,32-35H2,1-5H3/t37?,42-,49-,57-/m0/s1. The van der Waals surface area contributed by atoms with Crippen LogP contribution in [0.25, 0.3) is 0 Å². The van der Waals surface area contributed by atoms with E-state index in [1.165, 1.54) is 10.5 Å². The van der Waals surface area contributed by atoms with Gasteiger partial charge in [-0.15, -0.1) is 0 Å². The second-order valence-corrected chi connectivity index (χ2v) is 20.2. The number of carbonyl (C=O) groups is 7. The van der Waals surface area contributed by atoms with E-state index in [0.29, 0.717) is 104 Å². The molecular weight excluding hydrogens is 989 g/mol. The van der Waals surface area contributed by atoms with Crippen LogP contribution < -0.4 is 24.4 Å². The van der Waals surface area contributed by atoms with Crippen molar-refractivity contribution in [2.45, 2.75) is 117 Å². The zero-order valence-electron chi connectivity index (χ0n) is 44.7. The first-order valence-corrected chi connectivity index (χ1v) is 26.7. The highest BCUT2D eigenvalue weighted by Gasteiger charge is 2.46. The molecule has 0 saturated carbocycles. The lowest BCUT2D eigenvalue weighted by Crippen LogP contribution is -2.50. The highest BCUT2D eigenvalue weighted by Crippen LogP contribution is 2.41. The number of amides is 5. The van der Waals surface area contributed by atoms with Crippen molar-refractivity contribution in [1.82, 2.24) is 14.7 Å². The lowest BCUT2D eigenvalue weighted by molar-refractivity contribution is -0.139. The molecule has 0 spiro atoms. The third-order valence-electron chi connectivity index (χ3n) is 14.8. The number of likely N-dealkylation sites (tertiary alicyclic amines) is 1. The number of imide groups is 1. The Bertz CT molecular complexity index is 2830. The van der Waals surface area contributed by atoms with Crippen molar-refractivity contribution in [2.75, 3.05) is 69.9 Å². The number of hydrogen-bond donors (Lipinski definition) is 2. The van der Waals surface area contributed by atoms with E-state index in [1.807, 2.05) is 38.0 Å². The summed E-state index contributed by atoms with van der Waals surface area (Å²) in [6.07, 6.45) is 8.05. The van der Waals surface area contributed by atoms with Crippen molar-refractivity contribution in [1.29, 1.82) is 0 Å². The Morgan fingerprint density at radius 1 is 0.766 bits per heavy atom. The van der Waals surface area contributed by atoms with Crippen LogP contribution in [-0.2, 0) is 35.3 Å². The molecule has 5 aliphatic rings. The van der Waals surface area contributed by atoms with Crippen LogP contribution in [0.5, 0.6) is 17.2 Å². The number of aliphatic imine (C=N–C) groups is 1. The summed E-state index contributed by atoms with van der Waals surface area (Å²) in [4.78, 5) is 101. The smallest absolute Gasteiger partial charge is 0.416 e. The predicted octanol–water partition coefficient (Wildman–Crippen LogP) is 7.67. The Balaban J connectivity index is 0.796. The number of ketones is 2. The first-order chi connectivity index (χ1) is 37.2. The first kappa shape index (κ1) is 55.8. The van der Waals surface area contributed by atoms with Crippen LogP contribution in [0.2, 0.25) is 0 Å². The van der Waals surface area contributed by atoms with E-state index in [-0.39, 0.29) is 110 Å². The van der Waals surface area contributed by atoms with Crippen LogP contribution in [0.15, 0.2) is 76.8 Å². The number of methoxy groups -OCH3 is 1. The summed E-state index contributed by atoms with van der Waals surface area (Å²) >= 11 is 0.